The van der Waals surface area contributed by atoms with Crippen molar-refractivity contribution < 1.29 is 4.74 Å². The van der Waals surface area contributed by atoms with E-state index in [1.165, 1.54) is 5.56 Å². The van der Waals surface area contributed by atoms with Gasteiger partial charge in [-0.15, -0.1) is 0 Å². The highest BCUT2D eigenvalue weighted by Crippen LogP contribution is 2.28. The minimum atomic E-state index is -0.102. The maximum Gasteiger partial charge on any atom is 0.161 e. The van der Waals surface area contributed by atoms with Crippen LogP contribution in [-0.2, 0) is 6.42 Å². The molecule has 2 N–H and O–H groups in total. The number of nitrogens with two attached hydrogens (primary N) is 1. The van der Waals surface area contributed by atoms with E-state index < -0.39 is 0 Å². The summed E-state index contributed by atoms with van der Waals surface area (Å²) in [6, 6.07) is 4.17. The van der Waals surface area contributed by atoms with Crippen LogP contribution < -0.4 is 10.5 Å². The minimum absolute atomic E-state index is 0.102. The number of aryl methyl sites for hydroxylation is 1. The lowest BCUT2D eigenvalue weighted by Crippen LogP contribution is -2.19. The van der Waals surface area contributed by atoms with Crippen molar-refractivity contribution in [1.29, 1.82) is 0 Å². The van der Waals surface area contributed by atoms with Crippen molar-refractivity contribution in [2.24, 2.45) is 5.73 Å². The van der Waals surface area contributed by atoms with Crippen LogP contribution in [0.15, 0.2) is 30.7 Å². The predicted octanol–water partition coefficient (Wildman–Crippen LogP) is 2.50. The fraction of sp³-hybridized carbons (Fsp3) is 0.467. The highest BCUT2D eigenvalue weighted by molar-refractivity contribution is 5.28. The zero-order valence-corrected chi connectivity index (χ0v) is 12.3. The third-order valence-corrected chi connectivity index (χ3v) is 3.33. The summed E-state index contributed by atoms with van der Waals surface area (Å²) in [5, 5.41) is 4.36. The number of nitrogens with zero attached hydrogens (tertiary/aromatic N) is 3. The van der Waals surface area contributed by atoms with Crippen LogP contribution in [-0.4, -0.2) is 21.9 Å². The molecule has 0 saturated carbocycles. The van der Waals surface area contributed by atoms with Gasteiger partial charge in [0.2, 0.25) is 0 Å². The molecule has 108 valence electrons. The van der Waals surface area contributed by atoms with Crippen LogP contribution in [0.2, 0.25) is 0 Å². The summed E-state index contributed by atoms with van der Waals surface area (Å²) in [5.41, 5.74) is 8.50. The Balaban J connectivity index is 2.12. The molecule has 1 atom stereocenters. The molecule has 1 unspecified atom stereocenters. The molecule has 0 saturated heterocycles. The van der Waals surface area contributed by atoms with Crippen LogP contribution in [0, 0.1) is 0 Å². The van der Waals surface area contributed by atoms with Crippen molar-refractivity contribution in [1.82, 2.24) is 14.8 Å². The Kier molecular flexibility index (Phi) is 4.74. The first-order valence-corrected chi connectivity index (χ1v) is 6.89. The quantitative estimate of drug-likeness (QED) is 0.879. The van der Waals surface area contributed by atoms with E-state index in [9.17, 15) is 0 Å². The molecule has 0 radical (unpaired) electrons. The first kappa shape index (κ1) is 14.5. The maximum absolute atomic E-state index is 6.34. The summed E-state index contributed by atoms with van der Waals surface area (Å²) in [7, 11) is 1.65. The molecule has 5 nitrogen and oxygen atoms in total. The molecule has 2 aromatic rings. The van der Waals surface area contributed by atoms with E-state index in [0.29, 0.717) is 0 Å². The lowest BCUT2D eigenvalue weighted by Gasteiger charge is -2.18. The Labute approximate surface area is 119 Å². The average molecular weight is 274 g/mol. The van der Waals surface area contributed by atoms with Gasteiger partial charge < -0.3 is 10.5 Å². The van der Waals surface area contributed by atoms with Gasteiger partial charge in [0.1, 0.15) is 0 Å². The summed E-state index contributed by atoms with van der Waals surface area (Å²) < 4.78 is 7.31. The Morgan fingerprint density at radius 2 is 2.15 bits per heavy atom. The summed E-state index contributed by atoms with van der Waals surface area (Å²) >= 11 is 0. The van der Waals surface area contributed by atoms with E-state index in [4.69, 9.17) is 10.5 Å². The second kappa shape index (κ2) is 6.52. The van der Waals surface area contributed by atoms with Crippen LogP contribution in [0.1, 0.15) is 43.6 Å². The molecule has 2 aromatic heterocycles. The molecule has 0 fully saturated rings. The van der Waals surface area contributed by atoms with Crippen molar-refractivity contribution >= 4 is 0 Å². The van der Waals surface area contributed by atoms with E-state index in [1.807, 2.05) is 16.9 Å². The number of hydrogen-bond acceptors (Lipinski definition) is 4. The van der Waals surface area contributed by atoms with Crippen molar-refractivity contribution in [2.45, 2.75) is 38.8 Å². The van der Waals surface area contributed by atoms with Gasteiger partial charge in [-0.05, 0) is 38.3 Å². The number of methoxy groups -OCH3 is 1. The van der Waals surface area contributed by atoms with Crippen LogP contribution in [0.4, 0.5) is 0 Å². The van der Waals surface area contributed by atoms with Gasteiger partial charge in [-0.2, -0.15) is 5.10 Å². The topological polar surface area (TPSA) is 66.0 Å². The molecule has 0 spiro atoms. The van der Waals surface area contributed by atoms with Gasteiger partial charge in [-0.25, -0.2) is 0 Å². The number of aromatic nitrogens is 3. The lowest BCUT2D eigenvalue weighted by atomic mass is 10.0. The van der Waals surface area contributed by atoms with Crippen LogP contribution >= 0.6 is 0 Å². The average Bonchev–Trinajstić information content (AvgIpc) is 2.90. The number of pyridine rings is 1. The second-order valence-electron chi connectivity index (χ2n) is 5.14. The fourth-order valence-electron chi connectivity index (χ4n) is 2.28. The van der Waals surface area contributed by atoms with E-state index in [0.717, 1.165) is 24.3 Å². The summed E-state index contributed by atoms with van der Waals surface area (Å²) in [5.74, 6) is 0.761. The third-order valence-electron chi connectivity index (χ3n) is 3.33. The third kappa shape index (κ3) is 3.17. The zero-order chi connectivity index (χ0) is 14.5. The fourth-order valence-corrected chi connectivity index (χ4v) is 2.28. The molecule has 0 aliphatic carbocycles. The molecule has 5 heteroatoms. The van der Waals surface area contributed by atoms with Gasteiger partial charge >= 0.3 is 0 Å². The Morgan fingerprint density at radius 1 is 1.35 bits per heavy atom. The largest absolute Gasteiger partial charge is 0.493 e. The van der Waals surface area contributed by atoms with E-state index >= 15 is 0 Å². The SMILES string of the molecule is COc1cnn(C(C)C)c1C(N)CCc1cccnc1. The lowest BCUT2D eigenvalue weighted by molar-refractivity contribution is 0.394. The van der Waals surface area contributed by atoms with Gasteiger partial charge in [-0.1, -0.05) is 6.07 Å². The Hall–Kier alpha value is -1.88. The molecule has 0 aliphatic heterocycles. The van der Waals surface area contributed by atoms with Gasteiger partial charge in [0.25, 0.3) is 0 Å². The summed E-state index contributed by atoms with van der Waals surface area (Å²) in [4.78, 5) is 4.12. The number of hydrogen-bond donors (Lipinski definition) is 1. The van der Waals surface area contributed by atoms with Crippen molar-refractivity contribution in [3.05, 3.63) is 42.0 Å². The highest BCUT2D eigenvalue weighted by Gasteiger charge is 2.20. The van der Waals surface area contributed by atoms with E-state index in [2.05, 4.69) is 30.0 Å². The molecule has 0 aliphatic rings. The summed E-state index contributed by atoms with van der Waals surface area (Å²) in [6.07, 6.45) is 7.12. The highest BCUT2D eigenvalue weighted by atomic mass is 16.5. The molecule has 2 rings (SSSR count). The minimum Gasteiger partial charge on any atom is -0.493 e. The molecular weight excluding hydrogens is 252 g/mol. The molecule has 0 bridgehead atoms. The van der Waals surface area contributed by atoms with E-state index in [1.54, 1.807) is 19.5 Å². The molecule has 20 heavy (non-hydrogen) atoms. The van der Waals surface area contributed by atoms with Gasteiger partial charge in [-0.3, -0.25) is 9.67 Å². The number of ether oxygens (including phenoxy) is 1. The summed E-state index contributed by atoms with van der Waals surface area (Å²) in [6.45, 7) is 4.17. The van der Waals surface area contributed by atoms with Gasteiger partial charge in [0.05, 0.1) is 25.0 Å². The molecular formula is C15H22N4O. The molecule has 2 heterocycles. The smallest absolute Gasteiger partial charge is 0.161 e. The monoisotopic (exact) mass is 274 g/mol. The van der Waals surface area contributed by atoms with E-state index in [-0.39, 0.29) is 12.1 Å². The molecule has 0 aromatic carbocycles. The van der Waals surface area contributed by atoms with Crippen LogP contribution in [0.25, 0.3) is 0 Å². The standard InChI is InChI=1S/C15H22N4O/c1-11(2)19-15(14(20-3)10-18-19)13(16)7-6-12-5-4-8-17-9-12/h4-5,8-11,13H,6-7,16H2,1-3H3. The van der Waals surface area contributed by atoms with Crippen molar-refractivity contribution in [3.8, 4) is 5.75 Å². The Bertz CT molecular complexity index is 536. The second-order valence-corrected chi connectivity index (χ2v) is 5.14. The molecule has 0 amide bonds. The van der Waals surface area contributed by atoms with Crippen LogP contribution in [0.5, 0.6) is 5.75 Å². The van der Waals surface area contributed by atoms with Crippen LogP contribution in [0.3, 0.4) is 0 Å². The van der Waals surface area contributed by atoms with Crippen molar-refractivity contribution in [3.63, 3.8) is 0 Å². The Morgan fingerprint density at radius 3 is 2.75 bits per heavy atom. The van der Waals surface area contributed by atoms with Crippen molar-refractivity contribution in [2.75, 3.05) is 7.11 Å². The first-order valence-electron chi connectivity index (χ1n) is 6.89. The predicted molar refractivity (Wildman–Crippen MR) is 78.7 cm³/mol. The number of rotatable bonds is 6. The maximum atomic E-state index is 6.34. The van der Waals surface area contributed by atoms with Gasteiger partial charge in [0, 0.05) is 18.4 Å². The normalized spacial score (nSPS) is 12.7. The van der Waals surface area contributed by atoms with Gasteiger partial charge in [0.15, 0.2) is 5.75 Å². The first-order chi connectivity index (χ1) is 9.63. The zero-order valence-electron chi connectivity index (χ0n) is 12.3.